The van der Waals surface area contributed by atoms with E-state index in [1.807, 2.05) is 0 Å². The van der Waals surface area contributed by atoms with Gasteiger partial charge in [-0.1, -0.05) is 0 Å². The van der Waals surface area contributed by atoms with Gasteiger partial charge in [0, 0.05) is 19.2 Å². The van der Waals surface area contributed by atoms with Gasteiger partial charge in [-0.25, -0.2) is 4.98 Å². The molecule has 1 rings (SSSR count). The van der Waals surface area contributed by atoms with Crippen LogP contribution in [0.1, 0.15) is 5.69 Å². The third kappa shape index (κ3) is 3.25. The zero-order valence-electron chi connectivity index (χ0n) is 6.96. The van der Waals surface area contributed by atoms with Gasteiger partial charge in [-0.3, -0.25) is 10.7 Å². The molecular formula is C7H10N6. The van der Waals surface area contributed by atoms with Gasteiger partial charge in [0.25, 0.3) is 0 Å². The van der Waals surface area contributed by atoms with Crippen molar-refractivity contribution in [1.29, 1.82) is 10.7 Å². The standard InChI is InChI=1S/C7H10N6/c8-4-12-7(9)11-2-1-6-3-10-5-13-6/h3,5H,1-2H2,(H,10,13)(H3,9,11,12). The van der Waals surface area contributed by atoms with Gasteiger partial charge in [-0.05, 0) is 0 Å². The SMILES string of the molecule is N#CNC(=N)NCCc1c[nH]cn1. The average molecular weight is 178 g/mol. The van der Waals surface area contributed by atoms with Crippen molar-refractivity contribution in [2.75, 3.05) is 6.54 Å². The second-order valence-electron chi connectivity index (χ2n) is 2.35. The molecule has 0 aliphatic heterocycles. The Morgan fingerprint density at radius 1 is 1.77 bits per heavy atom. The van der Waals surface area contributed by atoms with Crippen LogP contribution in [0.4, 0.5) is 0 Å². The van der Waals surface area contributed by atoms with E-state index in [-0.39, 0.29) is 5.96 Å². The number of rotatable bonds is 3. The van der Waals surface area contributed by atoms with E-state index >= 15 is 0 Å². The Bertz CT molecular complexity index is 295. The van der Waals surface area contributed by atoms with Crippen LogP contribution in [0.15, 0.2) is 12.5 Å². The number of nitrogens with zero attached hydrogens (tertiary/aromatic N) is 2. The van der Waals surface area contributed by atoms with Crippen LogP contribution in [-0.2, 0) is 6.42 Å². The first-order valence-electron chi connectivity index (χ1n) is 3.78. The highest BCUT2D eigenvalue weighted by Gasteiger charge is 1.95. The van der Waals surface area contributed by atoms with E-state index in [1.165, 1.54) is 0 Å². The fraction of sp³-hybridized carbons (Fsp3) is 0.286. The van der Waals surface area contributed by atoms with E-state index in [4.69, 9.17) is 10.7 Å². The van der Waals surface area contributed by atoms with Crippen molar-refractivity contribution in [3.05, 3.63) is 18.2 Å². The first-order chi connectivity index (χ1) is 6.33. The molecule has 4 N–H and O–H groups in total. The second-order valence-corrected chi connectivity index (χ2v) is 2.35. The topological polar surface area (TPSA) is 100 Å². The van der Waals surface area contributed by atoms with Crippen LogP contribution in [-0.4, -0.2) is 22.5 Å². The Labute approximate surface area is 75.5 Å². The van der Waals surface area contributed by atoms with Gasteiger partial charge in [0.05, 0.1) is 12.0 Å². The molecule has 0 aromatic carbocycles. The third-order valence-electron chi connectivity index (χ3n) is 1.42. The molecule has 0 fully saturated rings. The Kier molecular flexibility index (Phi) is 3.32. The highest BCUT2D eigenvalue weighted by molar-refractivity contribution is 5.77. The van der Waals surface area contributed by atoms with Crippen LogP contribution in [0, 0.1) is 16.9 Å². The Hall–Kier alpha value is -2.03. The molecule has 0 saturated heterocycles. The number of nitriles is 1. The number of nitrogens with one attached hydrogen (secondary N) is 4. The predicted molar refractivity (Wildman–Crippen MR) is 46.8 cm³/mol. The number of aromatic nitrogens is 2. The summed E-state index contributed by atoms with van der Waals surface area (Å²) >= 11 is 0. The molecule has 0 bridgehead atoms. The van der Waals surface area contributed by atoms with Crippen LogP contribution in [0.5, 0.6) is 0 Å². The van der Waals surface area contributed by atoms with E-state index in [2.05, 4.69) is 20.6 Å². The summed E-state index contributed by atoms with van der Waals surface area (Å²) in [7, 11) is 0. The average Bonchev–Trinajstić information content (AvgIpc) is 2.57. The maximum absolute atomic E-state index is 8.16. The lowest BCUT2D eigenvalue weighted by atomic mass is 10.3. The first-order valence-corrected chi connectivity index (χ1v) is 3.78. The highest BCUT2D eigenvalue weighted by atomic mass is 15.1. The van der Waals surface area contributed by atoms with Crippen LogP contribution in [0.3, 0.4) is 0 Å². The molecule has 0 radical (unpaired) electrons. The summed E-state index contributed by atoms with van der Waals surface area (Å²) in [5, 5.41) is 20.2. The molecule has 0 aliphatic rings. The molecule has 6 nitrogen and oxygen atoms in total. The lowest BCUT2D eigenvalue weighted by molar-refractivity contribution is 0.825. The molecule has 0 saturated carbocycles. The van der Waals surface area contributed by atoms with Gasteiger partial charge in [0.15, 0.2) is 6.19 Å². The molecule has 0 aliphatic carbocycles. The molecule has 0 spiro atoms. The van der Waals surface area contributed by atoms with Crippen LogP contribution < -0.4 is 10.6 Å². The zero-order valence-corrected chi connectivity index (χ0v) is 6.96. The Morgan fingerprint density at radius 3 is 3.23 bits per heavy atom. The number of imidazole rings is 1. The van der Waals surface area contributed by atoms with Crippen molar-refractivity contribution in [2.24, 2.45) is 0 Å². The van der Waals surface area contributed by atoms with Gasteiger partial charge < -0.3 is 10.3 Å². The summed E-state index contributed by atoms with van der Waals surface area (Å²) in [6.45, 7) is 0.582. The van der Waals surface area contributed by atoms with Crippen LogP contribution in [0.25, 0.3) is 0 Å². The number of hydrogen-bond acceptors (Lipinski definition) is 3. The molecule has 0 unspecified atom stereocenters. The minimum Gasteiger partial charge on any atom is -0.355 e. The lowest BCUT2D eigenvalue weighted by Gasteiger charge is -2.02. The number of hydrogen-bond donors (Lipinski definition) is 4. The number of H-pyrrole nitrogens is 1. The van der Waals surface area contributed by atoms with Gasteiger partial charge in [-0.2, -0.15) is 5.26 Å². The van der Waals surface area contributed by atoms with E-state index < -0.39 is 0 Å². The van der Waals surface area contributed by atoms with Crippen LogP contribution >= 0.6 is 0 Å². The maximum Gasteiger partial charge on any atom is 0.201 e. The van der Waals surface area contributed by atoms with Gasteiger partial charge in [0.2, 0.25) is 5.96 Å². The summed E-state index contributed by atoms with van der Waals surface area (Å²) in [6, 6.07) is 0. The summed E-state index contributed by atoms with van der Waals surface area (Å²) < 4.78 is 0. The molecular weight excluding hydrogens is 168 g/mol. The molecule has 1 aromatic heterocycles. The normalized spacial score (nSPS) is 8.85. The van der Waals surface area contributed by atoms with E-state index in [1.54, 1.807) is 18.7 Å². The second kappa shape index (κ2) is 4.77. The first kappa shape index (κ1) is 9.06. The molecule has 1 aromatic rings. The molecule has 13 heavy (non-hydrogen) atoms. The minimum absolute atomic E-state index is 0.0121. The largest absolute Gasteiger partial charge is 0.355 e. The Balaban J connectivity index is 2.15. The molecule has 68 valence electrons. The molecule has 0 atom stereocenters. The summed E-state index contributed by atoms with van der Waals surface area (Å²) in [5.41, 5.74) is 0.928. The maximum atomic E-state index is 8.16. The fourth-order valence-electron chi connectivity index (χ4n) is 0.843. The lowest BCUT2D eigenvalue weighted by Crippen LogP contribution is -2.34. The van der Waals surface area contributed by atoms with Gasteiger partial charge in [0.1, 0.15) is 0 Å². The summed E-state index contributed by atoms with van der Waals surface area (Å²) in [6.07, 6.45) is 5.77. The quantitative estimate of drug-likeness (QED) is 0.218. The van der Waals surface area contributed by atoms with Crippen molar-refractivity contribution >= 4 is 5.96 Å². The zero-order chi connectivity index (χ0) is 9.52. The smallest absolute Gasteiger partial charge is 0.201 e. The van der Waals surface area contributed by atoms with E-state index in [0.717, 1.165) is 12.1 Å². The molecule has 1 heterocycles. The highest BCUT2D eigenvalue weighted by Crippen LogP contribution is 1.89. The van der Waals surface area contributed by atoms with Crippen molar-refractivity contribution in [1.82, 2.24) is 20.6 Å². The van der Waals surface area contributed by atoms with E-state index in [9.17, 15) is 0 Å². The summed E-state index contributed by atoms with van der Waals surface area (Å²) in [4.78, 5) is 6.84. The van der Waals surface area contributed by atoms with Crippen LogP contribution in [0.2, 0.25) is 0 Å². The van der Waals surface area contributed by atoms with Crippen molar-refractivity contribution in [3.8, 4) is 6.19 Å². The monoisotopic (exact) mass is 178 g/mol. The van der Waals surface area contributed by atoms with Gasteiger partial charge in [-0.15, -0.1) is 0 Å². The minimum atomic E-state index is 0.0121. The fourth-order valence-corrected chi connectivity index (χ4v) is 0.843. The molecule has 0 amide bonds. The van der Waals surface area contributed by atoms with Gasteiger partial charge >= 0.3 is 0 Å². The number of aromatic amines is 1. The third-order valence-corrected chi connectivity index (χ3v) is 1.42. The van der Waals surface area contributed by atoms with Crippen molar-refractivity contribution in [2.45, 2.75) is 6.42 Å². The summed E-state index contributed by atoms with van der Waals surface area (Å²) in [5.74, 6) is 0.0121. The van der Waals surface area contributed by atoms with Crippen molar-refractivity contribution < 1.29 is 0 Å². The molecule has 6 heteroatoms. The van der Waals surface area contributed by atoms with Crippen molar-refractivity contribution in [3.63, 3.8) is 0 Å². The predicted octanol–water partition coefficient (Wildman–Crippen LogP) is -0.453. The number of guanidine groups is 1. The van der Waals surface area contributed by atoms with E-state index in [0.29, 0.717) is 6.54 Å². The Morgan fingerprint density at radius 2 is 2.62 bits per heavy atom.